The number of hydrogen-bond acceptors (Lipinski definition) is 1. The Hall–Kier alpha value is -1.44. The predicted octanol–water partition coefficient (Wildman–Crippen LogP) is 3.66. The van der Waals surface area contributed by atoms with E-state index < -0.39 is 0 Å². The van der Waals surface area contributed by atoms with Crippen molar-refractivity contribution >= 4 is 17.7 Å². The van der Waals surface area contributed by atoms with Crippen molar-refractivity contribution in [1.29, 1.82) is 0 Å². The molecule has 13 heavy (non-hydrogen) atoms. The standard InChI is InChI=1S/C9H8ClN3/c10-9-5-1-3-8(7-9)4-2-6-12-13-11/h1-5,7H,6H2. The zero-order chi connectivity index (χ0) is 9.52. The largest absolute Gasteiger partial charge is 0.0899 e. The number of halogens is 1. The highest BCUT2D eigenvalue weighted by molar-refractivity contribution is 6.30. The minimum atomic E-state index is 0.364. The van der Waals surface area contributed by atoms with Gasteiger partial charge in [-0.3, -0.25) is 0 Å². The monoisotopic (exact) mass is 193 g/mol. The highest BCUT2D eigenvalue weighted by atomic mass is 35.5. The van der Waals surface area contributed by atoms with E-state index in [1.165, 1.54) is 0 Å². The van der Waals surface area contributed by atoms with Gasteiger partial charge in [-0.25, -0.2) is 0 Å². The number of benzene rings is 1. The first-order valence-corrected chi connectivity index (χ1v) is 4.13. The smallest absolute Gasteiger partial charge is 0.0443 e. The van der Waals surface area contributed by atoms with Crippen molar-refractivity contribution in [1.82, 2.24) is 0 Å². The van der Waals surface area contributed by atoms with Crippen LogP contribution < -0.4 is 0 Å². The average molecular weight is 194 g/mol. The molecule has 1 rings (SSSR count). The highest BCUT2D eigenvalue weighted by Crippen LogP contribution is 2.11. The highest BCUT2D eigenvalue weighted by Gasteiger charge is 1.87. The summed E-state index contributed by atoms with van der Waals surface area (Å²) in [7, 11) is 0. The molecule has 0 bridgehead atoms. The summed E-state index contributed by atoms with van der Waals surface area (Å²) in [5.74, 6) is 0. The summed E-state index contributed by atoms with van der Waals surface area (Å²) in [5, 5.41) is 4.07. The lowest BCUT2D eigenvalue weighted by Gasteiger charge is -1.92. The van der Waals surface area contributed by atoms with Crippen molar-refractivity contribution in [2.45, 2.75) is 0 Å². The molecule has 66 valence electrons. The summed E-state index contributed by atoms with van der Waals surface area (Å²) in [6.07, 6.45) is 3.64. The first-order valence-electron chi connectivity index (χ1n) is 3.76. The second-order valence-corrected chi connectivity index (χ2v) is 2.81. The SMILES string of the molecule is [N-]=[N+]=NCC=Cc1cccc(Cl)c1. The maximum Gasteiger partial charge on any atom is 0.0443 e. The maximum atomic E-state index is 8.01. The van der Waals surface area contributed by atoms with E-state index in [1.54, 1.807) is 6.08 Å². The van der Waals surface area contributed by atoms with Gasteiger partial charge in [0, 0.05) is 16.5 Å². The lowest BCUT2D eigenvalue weighted by Crippen LogP contribution is -1.72. The fraction of sp³-hybridized carbons (Fsp3) is 0.111. The van der Waals surface area contributed by atoms with E-state index in [-0.39, 0.29) is 0 Å². The molecule has 0 aromatic heterocycles. The fourth-order valence-corrected chi connectivity index (χ4v) is 1.08. The van der Waals surface area contributed by atoms with E-state index in [0.29, 0.717) is 11.6 Å². The van der Waals surface area contributed by atoms with Crippen LogP contribution in [0.1, 0.15) is 5.56 Å². The summed E-state index contributed by atoms with van der Waals surface area (Å²) in [6, 6.07) is 7.45. The van der Waals surface area contributed by atoms with E-state index in [1.807, 2.05) is 30.3 Å². The van der Waals surface area contributed by atoms with Crippen molar-refractivity contribution in [3.63, 3.8) is 0 Å². The van der Waals surface area contributed by atoms with Crippen LogP contribution in [-0.4, -0.2) is 6.54 Å². The van der Waals surface area contributed by atoms with E-state index in [9.17, 15) is 0 Å². The van der Waals surface area contributed by atoms with Gasteiger partial charge in [0.1, 0.15) is 0 Å². The van der Waals surface area contributed by atoms with Crippen LogP contribution in [0.3, 0.4) is 0 Å². The average Bonchev–Trinajstić information content (AvgIpc) is 2.13. The van der Waals surface area contributed by atoms with Gasteiger partial charge in [-0.2, -0.15) is 0 Å². The first-order chi connectivity index (χ1) is 6.33. The number of hydrogen-bond donors (Lipinski definition) is 0. The van der Waals surface area contributed by atoms with Gasteiger partial charge in [-0.05, 0) is 23.2 Å². The van der Waals surface area contributed by atoms with Gasteiger partial charge in [0.2, 0.25) is 0 Å². The van der Waals surface area contributed by atoms with Gasteiger partial charge in [-0.15, -0.1) is 0 Å². The summed E-state index contributed by atoms with van der Waals surface area (Å²) < 4.78 is 0. The molecule has 0 unspecified atom stereocenters. The Kier molecular flexibility index (Phi) is 3.89. The normalized spacial score (nSPS) is 9.92. The molecule has 0 aliphatic heterocycles. The van der Waals surface area contributed by atoms with Crippen molar-refractivity contribution < 1.29 is 0 Å². The number of rotatable bonds is 3. The molecule has 0 atom stereocenters. The molecule has 0 saturated heterocycles. The Bertz CT molecular complexity index is 354. The molecule has 0 amide bonds. The van der Waals surface area contributed by atoms with Crippen LogP contribution >= 0.6 is 11.6 Å². The molecule has 1 aromatic rings. The molecule has 0 aliphatic rings. The van der Waals surface area contributed by atoms with Gasteiger partial charge in [0.05, 0.1) is 0 Å². The van der Waals surface area contributed by atoms with Crippen LogP contribution in [0.25, 0.3) is 16.5 Å². The summed E-state index contributed by atoms with van der Waals surface area (Å²) >= 11 is 5.77. The Morgan fingerprint density at radius 1 is 1.54 bits per heavy atom. The number of nitrogens with zero attached hydrogens (tertiary/aromatic N) is 3. The molecule has 4 heteroatoms. The molecular formula is C9H8ClN3. The van der Waals surface area contributed by atoms with Gasteiger partial charge in [0.25, 0.3) is 0 Å². The molecule has 3 nitrogen and oxygen atoms in total. The Labute approximate surface area is 81.3 Å². The minimum Gasteiger partial charge on any atom is -0.0899 e. The molecule has 0 fully saturated rings. The summed E-state index contributed by atoms with van der Waals surface area (Å²) in [5.41, 5.74) is 9.01. The Balaban J connectivity index is 2.63. The molecule has 0 radical (unpaired) electrons. The van der Waals surface area contributed by atoms with Crippen molar-refractivity contribution in [2.24, 2.45) is 5.11 Å². The summed E-state index contributed by atoms with van der Waals surface area (Å²) in [4.78, 5) is 2.63. The van der Waals surface area contributed by atoms with E-state index >= 15 is 0 Å². The van der Waals surface area contributed by atoms with Crippen molar-refractivity contribution in [3.05, 3.63) is 51.4 Å². The zero-order valence-corrected chi connectivity index (χ0v) is 7.65. The van der Waals surface area contributed by atoms with E-state index in [4.69, 9.17) is 17.1 Å². The first kappa shape index (κ1) is 9.65. The molecule has 0 aliphatic carbocycles. The second-order valence-electron chi connectivity index (χ2n) is 2.37. The predicted molar refractivity (Wildman–Crippen MR) is 54.5 cm³/mol. The van der Waals surface area contributed by atoms with Gasteiger partial charge >= 0.3 is 0 Å². The van der Waals surface area contributed by atoms with Crippen LogP contribution in [0, 0.1) is 0 Å². The molecule has 0 spiro atoms. The minimum absolute atomic E-state index is 0.364. The van der Waals surface area contributed by atoms with Crippen molar-refractivity contribution in [2.75, 3.05) is 6.54 Å². The maximum absolute atomic E-state index is 8.01. The van der Waals surface area contributed by atoms with Crippen LogP contribution in [0.15, 0.2) is 35.5 Å². The van der Waals surface area contributed by atoms with E-state index in [2.05, 4.69) is 10.0 Å². The number of azide groups is 1. The summed E-state index contributed by atoms with van der Waals surface area (Å²) in [6.45, 7) is 0.364. The third-order valence-corrected chi connectivity index (χ3v) is 1.64. The van der Waals surface area contributed by atoms with Gasteiger partial charge in [-0.1, -0.05) is 41.0 Å². The van der Waals surface area contributed by atoms with Crippen LogP contribution in [0.2, 0.25) is 5.02 Å². The topological polar surface area (TPSA) is 48.8 Å². The molecule has 0 heterocycles. The van der Waals surface area contributed by atoms with E-state index in [0.717, 1.165) is 5.56 Å². The Morgan fingerprint density at radius 3 is 3.08 bits per heavy atom. The van der Waals surface area contributed by atoms with Crippen LogP contribution in [0.4, 0.5) is 0 Å². The molecule has 0 saturated carbocycles. The van der Waals surface area contributed by atoms with Crippen LogP contribution in [0.5, 0.6) is 0 Å². The fourth-order valence-electron chi connectivity index (χ4n) is 0.883. The zero-order valence-electron chi connectivity index (χ0n) is 6.89. The molecular weight excluding hydrogens is 186 g/mol. The van der Waals surface area contributed by atoms with Crippen molar-refractivity contribution in [3.8, 4) is 0 Å². The Morgan fingerprint density at radius 2 is 2.38 bits per heavy atom. The van der Waals surface area contributed by atoms with Gasteiger partial charge in [0.15, 0.2) is 0 Å². The van der Waals surface area contributed by atoms with Crippen LogP contribution in [-0.2, 0) is 0 Å². The molecule has 1 aromatic carbocycles. The molecule has 0 N–H and O–H groups in total. The quantitative estimate of drug-likeness (QED) is 0.400. The lowest BCUT2D eigenvalue weighted by atomic mass is 10.2. The third kappa shape index (κ3) is 3.65. The third-order valence-electron chi connectivity index (χ3n) is 1.41. The second kappa shape index (κ2) is 5.25. The lowest BCUT2D eigenvalue weighted by molar-refractivity contribution is 1.22. The van der Waals surface area contributed by atoms with Gasteiger partial charge < -0.3 is 0 Å².